The van der Waals surface area contributed by atoms with Crippen molar-refractivity contribution < 1.29 is 4.74 Å². The Balaban J connectivity index is 0.00000225. The second-order valence-electron chi connectivity index (χ2n) is 6.57. The molecule has 0 bridgehead atoms. The number of morpholine rings is 1. The second kappa shape index (κ2) is 11.0. The summed E-state index contributed by atoms with van der Waals surface area (Å²) >= 11 is 0. The van der Waals surface area contributed by atoms with E-state index in [1.165, 1.54) is 24.0 Å². The highest BCUT2D eigenvalue weighted by molar-refractivity contribution is 14.0. The van der Waals surface area contributed by atoms with E-state index in [2.05, 4.69) is 46.3 Å². The number of halogens is 1. The van der Waals surface area contributed by atoms with Gasteiger partial charge in [-0.1, -0.05) is 24.3 Å². The van der Waals surface area contributed by atoms with Crippen molar-refractivity contribution in [2.45, 2.75) is 32.9 Å². The summed E-state index contributed by atoms with van der Waals surface area (Å²) < 4.78 is 5.43. The van der Waals surface area contributed by atoms with Crippen LogP contribution in [0.25, 0.3) is 0 Å². The average Bonchev–Trinajstić information content (AvgIpc) is 3.14. The third-order valence-corrected chi connectivity index (χ3v) is 4.65. The Labute approximate surface area is 168 Å². The van der Waals surface area contributed by atoms with Crippen molar-refractivity contribution in [1.29, 1.82) is 0 Å². The van der Waals surface area contributed by atoms with E-state index in [0.717, 1.165) is 65.0 Å². The third kappa shape index (κ3) is 6.42. The predicted octanol–water partition coefficient (Wildman–Crippen LogP) is 2.70. The molecule has 2 aliphatic heterocycles. The van der Waals surface area contributed by atoms with Crippen molar-refractivity contribution in [3.8, 4) is 0 Å². The van der Waals surface area contributed by atoms with Crippen LogP contribution in [0.2, 0.25) is 0 Å². The normalized spacial score (nSPS) is 18.9. The van der Waals surface area contributed by atoms with Crippen molar-refractivity contribution in [1.82, 2.24) is 15.1 Å². The van der Waals surface area contributed by atoms with Crippen molar-refractivity contribution in [3.05, 3.63) is 35.4 Å². The largest absolute Gasteiger partial charge is 0.379 e. The molecule has 1 N–H and O–H groups in total. The molecule has 1 aromatic carbocycles. The summed E-state index contributed by atoms with van der Waals surface area (Å²) in [4.78, 5) is 9.69. The van der Waals surface area contributed by atoms with Crippen LogP contribution in [-0.2, 0) is 17.8 Å². The molecule has 0 amide bonds. The van der Waals surface area contributed by atoms with E-state index in [4.69, 9.17) is 9.73 Å². The molecule has 2 aliphatic rings. The number of benzene rings is 1. The zero-order valence-electron chi connectivity index (χ0n) is 15.2. The van der Waals surface area contributed by atoms with Gasteiger partial charge < -0.3 is 15.0 Å². The van der Waals surface area contributed by atoms with Crippen LogP contribution in [-0.4, -0.2) is 61.7 Å². The second-order valence-corrected chi connectivity index (χ2v) is 6.57. The third-order valence-electron chi connectivity index (χ3n) is 4.65. The number of guanidine groups is 1. The molecule has 2 saturated heterocycles. The fraction of sp³-hybridized carbons (Fsp3) is 0.632. The summed E-state index contributed by atoms with van der Waals surface area (Å²) in [7, 11) is 0. The monoisotopic (exact) mass is 458 g/mol. The molecule has 0 saturated carbocycles. The number of likely N-dealkylation sites (tertiary alicyclic amines) is 1. The van der Waals surface area contributed by atoms with Crippen LogP contribution in [0.4, 0.5) is 0 Å². The molecule has 6 heteroatoms. The van der Waals surface area contributed by atoms with E-state index >= 15 is 0 Å². The van der Waals surface area contributed by atoms with Crippen molar-refractivity contribution in [3.63, 3.8) is 0 Å². The maximum absolute atomic E-state index is 5.43. The van der Waals surface area contributed by atoms with E-state index in [-0.39, 0.29) is 24.0 Å². The van der Waals surface area contributed by atoms with Gasteiger partial charge in [0, 0.05) is 39.3 Å². The Kier molecular flexibility index (Phi) is 8.98. The van der Waals surface area contributed by atoms with Crippen LogP contribution in [0.3, 0.4) is 0 Å². The molecular weight excluding hydrogens is 427 g/mol. The summed E-state index contributed by atoms with van der Waals surface area (Å²) in [5, 5.41) is 3.43. The molecule has 0 unspecified atom stereocenters. The molecule has 0 aliphatic carbocycles. The number of aliphatic imine (C=N–C) groups is 1. The van der Waals surface area contributed by atoms with Crippen LogP contribution < -0.4 is 5.32 Å². The number of hydrogen-bond acceptors (Lipinski definition) is 3. The van der Waals surface area contributed by atoms with Crippen LogP contribution >= 0.6 is 24.0 Å². The highest BCUT2D eigenvalue weighted by Gasteiger charge is 2.15. The molecule has 0 atom stereocenters. The summed E-state index contributed by atoms with van der Waals surface area (Å²) in [5.41, 5.74) is 2.66. The maximum Gasteiger partial charge on any atom is 0.194 e. The number of nitrogens with one attached hydrogen (secondary N) is 1. The average molecular weight is 458 g/mol. The van der Waals surface area contributed by atoms with Gasteiger partial charge in [-0.3, -0.25) is 4.90 Å². The Hall–Kier alpha value is -0.860. The topological polar surface area (TPSA) is 40.1 Å². The quantitative estimate of drug-likeness (QED) is 0.419. The molecule has 0 spiro atoms. The SMILES string of the molecule is CCNC(=NCc1cccc(CN2CCOCC2)c1)N1CCCC1.I. The van der Waals surface area contributed by atoms with Crippen LogP contribution in [0, 0.1) is 0 Å². The molecule has 5 nitrogen and oxygen atoms in total. The van der Waals surface area contributed by atoms with Crippen LogP contribution in [0.15, 0.2) is 29.3 Å². The Bertz CT molecular complexity index is 540. The highest BCUT2D eigenvalue weighted by Crippen LogP contribution is 2.12. The number of ether oxygens (including phenoxy) is 1. The number of nitrogens with zero attached hydrogens (tertiary/aromatic N) is 3. The molecule has 0 aromatic heterocycles. The van der Waals surface area contributed by atoms with Crippen molar-refractivity contribution >= 4 is 29.9 Å². The first kappa shape index (κ1) is 20.5. The molecule has 0 radical (unpaired) electrons. The zero-order chi connectivity index (χ0) is 16.6. The molecule has 25 heavy (non-hydrogen) atoms. The zero-order valence-corrected chi connectivity index (χ0v) is 17.6. The number of rotatable bonds is 5. The smallest absolute Gasteiger partial charge is 0.194 e. The lowest BCUT2D eigenvalue weighted by Crippen LogP contribution is -2.39. The van der Waals surface area contributed by atoms with Gasteiger partial charge in [0.15, 0.2) is 5.96 Å². The standard InChI is InChI=1S/C19H30N4O.HI/c1-2-20-19(23-8-3-4-9-23)21-15-17-6-5-7-18(14-17)16-22-10-12-24-13-11-22;/h5-7,14H,2-4,8-13,15-16H2,1H3,(H,20,21);1H. The molecule has 3 rings (SSSR count). The highest BCUT2D eigenvalue weighted by atomic mass is 127. The first-order valence-corrected chi connectivity index (χ1v) is 9.26. The van der Waals surface area contributed by atoms with E-state index < -0.39 is 0 Å². The lowest BCUT2D eigenvalue weighted by atomic mass is 10.1. The van der Waals surface area contributed by atoms with Crippen LogP contribution in [0.1, 0.15) is 30.9 Å². The molecular formula is C19H31IN4O. The van der Waals surface area contributed by atoms with Gasteiger partial charge in [0.05, 0.1) is 19.8 Å². The van der Waals surface area contributed by atoms with Gasteiger partial charge >= 0.3 is 0 Å². The van der Waals surface area contributed by atoms with E-state index in [1.807, 2.05) is 0 Å². The van der Waals surface area contributed by atoms with E-state index in [1.54, 1.807) is 0 Å². The van der Waals surface area contributed by atoms with Gasteiger partial charge in [-0.2, -0.15) is 0 Å². The first-order chi connectivity index (χ1) is 11.8. The van der Waals surface area contributed by atoms with Crippen molar-refractivity contribution in [2.75, 3.05) is 45.9 Å². The molecule has 140 valence electrons. The molecule has 2 heterocycles. The summed E-state index contributed by atoms with van der Waals surface area (Å²) in [6.45, 7) is 10.8. The van der Waals surface area contributed by atoms with E-state index in [9.17, 15) is 0 Å². The van der Waals surface area contributed by atoms with Gasteiger partial charge in [-0.05, 0) is 30.9 Å². The minimum Gasteiger partial charge on any atom is -0.379 e. The van der Waals surface area contributed by atoms with Crippen LogP contribution in [0.5, 0.6) is 0 Å². The summed E-state index contributed by atoms with van der Waals surface area (Å²) in [5.74, 6) is 1.06. The minimum absolute atomic E-state index is 0. The summed E-state index contributed by atoms with van der Waals surface area (Å²) in [6.07, 6.45) is 2.55. The first-order valence-electron chi connectivity index (χ1n) is 9.26. The molecule has 2 fully saturated rings. The van der Waals surface area contributed by atoms with Gasteiger partial charge in [0.2, 0.25) is 0 Å². The predicted molar refractivity (Wildman–Crippen MR) is 114 cm³/mol. The molecule has 1 aromatic rings. The Morgan fingerprint density at radius 3 is 2.56 bits per heavy atom. The fourth-order valence-corrected chi connectivity index (χ4v) is 3.36. The van der Waals surface area contributed by atoms with Gasteiger partial charge in [-0.25, -0.2) is 4.99 Å². The number of hydrogen-bond donors (Lipinski definition) is 1. The van der Waals surface area contributed by atoms with E-state index in [0.29, 0.717) is 0 Å². The fourth-order valence-electron chi connectivity index (χ4n) is 3.36. The van der Waals surface area contributed by atoms with Crippen molar-refractivity contribution in [2.24, 2.45) is 4.99 Å². The van der Waals surface area contributed by atoms with Gasteiger partial charge in [0.25, 0.3) is 0 Å². The lowest BCUT2D eigenvalue weighted by Gasteiger charge is -2.26. The minimum atomic E-state index is 0. The maximum atomic E-state index is 5.43. The van der Waals surface area contributed by atoms with Gasteiger partial charge in [-0.15, -0.1) is 24.0 Å². The summed E-state index contributed by atoms with van der Waals surface area (Å²) in [6, 6.07) is 8.85. The Morgan fingerprint density at radius 1 is 1.12 bits per heavy atom. The van der Waals surface area contributed by atoms with Gasteiger partial charge in [0.1, 0.15) is 0 Å². The Morgan fingerprint density at radius 2 is 1.84 bits per heavy atom. The lowest BCUT2D eigenvalue weighted by molar-refractivity contribution is 0.0342.